The lowest BCUT2D eigenvalue weighted by Gasteiger charge is -2.00. The molecule has 0 aliphatic heterocycles. The van der Waals surface area contributed by atoms with E-state index < -0.39 is 5.69 Å². The van der Waals surface area contributed by atoms with Gasteiger partial charge in [0, 0.05) is 24.1 Å². The van der Waals surface area contributed by atoms with Gasteiger partial charge in [-0.25, -0.2) is 4.79 Å². The summed E-state index contributed by atoms with van der Waals surface area (Å²) in [7, 11) is 1.92. The van der Waals surface area contributed by atoms with Gasteiger partial charge in [0.05, 0.1) is 10.9 Å². The molecule has 0 radical (unpaired) electrons. The number of aromatic amines is 2. The normalized spacial score (nSPS) is 11.3. The second-order valence-electron chi connectivity index (χ2n) is 3.76. The van der Waals surface area contributed by atoms with Crippen LogP contribution in [0.3, 0.4) is 0 Å². The SMILES string of the molecule is Cn1ccc2c3[nH]c(=O)[nH]c(=O)c3ccc21. The van der Waals surface area contributed by atoms with E-state index in [2.05, 4.69) is 9.97 Å². The maximum atomic E-state index is 11.6. The van der Waals surface area contributed by atoms with Gasteiger partial charge < -0.3 is 9.55 Å². The van der Waals surface area contributed by atoms with Crippen molar-refractivity contribution in [3.63, 3.8) is 0 Å². The highest BCUT2D eigenvalue weighted by molar-refractivity contribution is 6.03. The van der Waals surface area contributed by atoms with Crippen LogP contribution in [0.1, 0.15) is 0 Å². The number of fused-ring (bicyclic) bond motifs is 3. The molecule has 0 saturated carbocycles. The molecule has 1 aromatic carbocycles. The molecule has 5 heteroatoms. The van der Waals surface area contributed by atoms with Crippen LogP contribution in [0.2, 0.25) is 0 Å². The molecule has 2 heterocycles. The zero-order valence-corrected chi connectivity index (χ0v) is 8.57. The van der Waals surface area contributed by atoms with E-state index >= 15 is 0 Å². The molecule has 3 aromatic rings. The molecule has 5 nitrogen and oxygen atoms in total. The predicted molar refractivity (Wildman–Crippen MR) is 61.7 cm³/mol. The van der Waals surface area contributed by atoms with Crippen LogP contribution in [0.25, 0.3) is 21.8 Å². The molecule has 0 bridgehead atoms. The zero-order valence-electron chi connectivity index (χ0n) is 8.57. The first kappa shape index (κ1) is 8.96. The lowest BCUT2D eigenvalue weighted by Crippen LogP contribution is -2.21. The third-order valence-electron chi connectivity index (χ3n) is 2.78. The second-order valence-corrected chi connectivity index (χ2v) is 3.76. The molecule has 3 rings (SSSR count). The van der Waals surface area contributed by atoms with E-state index in [1.165, 1.54) is 0 Å². The predicted octanol–water partition coefficient (Wildman–Crippen LogP) is 0.708. The monoisotopic (exact) mass is 215 g/mol. The quantitative estimate of drug-likeness (QED) is 0.579. The van der Waals surface area contributed by atoms with E-state index in [1.54, 1.807) is 6.07 Å². The number of aryl methyl sites for hydroxylation is 1. The van der Waals surface area contributed by atoms with Crippen molar-refractivity contribution in [1.82, 2.24) is 14.5 Å². The molecule has 0 atom stereocenters. The zero-order chi connectivity index (χ0) is 11.3. The molecular formula is C11H9N3O2. The van der Waals surface area contributed by atoms with Gasteiger partial charge in [0.2, 0.25) is 0 Å². The molecule has 0 fully saturated rings. The fraction of sp³-hybridized carbons (Fsp3) is 0.0909. The third kappa shape index (κ3) is 1.05. The summed E-state index contributed by atoms with van der Waals surface area (Å²) in [6.45, 7) is 0. The average Bonchev–Trinajstić information content (AvgIpc) is 2.60. The van der Waals surface area contributed by atoms with E-state index in [-0.39, 0.29) is 5.56 Å². The first-order valence-corrected chi connectivity index (χ1v) is 4.87. The van der Waals surface area contributed by atoms with E-state index in [9.17, 15) is 9.59 Å². The molecule has 0 spiro atoms. The van der Waals surface area contributed by atoms with Crippen LogP contribution < -0.4 is 11.2 Å². The van der Waals surface area contributed by atoms with Crippen molar-refractivity contribution in [1.29, 1.82) is 0 Å². The minimum absolute atomic E-state index is 0.357. The van der Waals surface area contributed by atoms with Crippen molar-refractivity contribution in [2.45, 2.75) is 0 Å². The highest BCUT2D eigenvalue weighted by Crippen LogP contribution is 2.20. The highest BCUT2D eigenvalue weighted by Gasteiger charge is 2.06. The molecule has 0 amide bonds. The largest absolute Gasteiger partial charge is 0.350 e. The van der Waals surface area contributed by atoms with Crippen LogP contribution >= 0.6 is 0 Å². The fourth-order valence-electron chi connectivity index (χ4n) is 1.99. The van der Waals surface area contributed by atoms with Crippen molar-refractivity contribution in [3.05, 3.63) is 45.2 Å². The number of nitrogens with zero attached hydrogens (tertiary/aromatic N) is 1. The smallest absolute Gasteiger partial charge is 0.326 e. The van der Waals surface area contributed by atoms with Crippen LogP contribution in [0.5, 0.6) is 0 Å². The van der Waals surface area contributed by atoms with Crippen molar-refractivity contribution in [3.8, 4) is 0 Å². The van der Waals surface area contributed by atoms with Gasteiger partial charge in [-0.05, 0) is 18.2 Å². The average molecular weight is 215 g/mol. The molecule has 2 aromatic heterocycles. The van der Waals surface area contributed by atoms with Crippen LogP contribution in [0.15, 0.2) is 34.0 Å². The summed E-state index contributed by atoms with van der Waals surface area (Å²) in [6, 6.07) is 5.46. The molecule has 2 N–H and O–H groups in total. The number of hydrogen-bond acceptors (Lipinski definition) is 2. The van der Waals surface area contributed by atoms with Crippen LogP contribution in [0, 0.1) is 0 Å². The lowest BCUT2D eigenvalue weighted by atomic mass is 10.2. The minimum Gasteiger partial charge on any atom is -0.350 e. The van der Waals surface area contributed by atoms with Gasteiger partial charge >= 0.3 is 5.69 Å². The summed E-state index contributed by atoms with van der Waals surface area (Å²) in [6.07, 6.45) is 1.89. The van der Waals surface area contributed by atoms with E-state index in [0.717, 1.165) is 10.9 Å². The van der Waals surface area contributed by atoms with Crippen LogP contribution in [0.4, 0.5) is 0 Å². The maximum Gasteiger partial charge on any atom is 0.326 e. The van der Waals surface area contributed by atoms with Crippen molar-refractivity contribution in [2.24, 2.45) is 7.05 Å². The van der Waals surface area contributed by atoms with E-state index in [0.29, 0.717) is 10.9 Å². The molecular weight excluding hydrogens is 206 g/mol. The topological polar surface area (TPSA) is 70.7 Å². The summed E-state index contributed by atoms with van der Waals surface area (Å²) < 4.78 is 1.94. The Balaban J connectivity index is 2.70. The Hall–Kier alpha value is -2.30. The number of aromatic nitrogens is 3. The van der Waals surface area contributed by atoms with Gasteiger partial charge in [-0.1, -0.05) is 0 Å². The molecule has 80 valence electrons. The first-order chi connectivity index (χ1) is 7.66. The van der Waals surface area contributed by atoms with Gasteiger partial charge in [0.1, 0.15) is 0 Å². The Morgan fingerprint density at radius 1 is 1.06 bits per heavy atom. The molecule has 0 aliphatic rings. The molecule has 0 aliphatic carbocycles. The van der Waals surface area contributed by atoms with Crippen LogP contribution in [-0.2, 0) is 7.05 Å². The molecule has 16 heavy (non-hydrogen) atoms. The number of benzene rings is 1. The first-order valence-electron chi connectivity index (χ1n) is 4.87. The standard InChI is InChI=1S/C11H9N3O2/c1-14-5-4-6-8(14)3-2-7-9(6)12-11(16)13-10(7)15/h2-5H,1H3,(H2,12,13,15,16). The summed E-state index contributed by atoms with van der Waals surface area (Å²) in [5, 5.41) is 1.38. The maximum absolute atomic E-state index is 11.6. The van der Waals surface area contributed by atoms with Crippen LogP contribution in [-0.4, -0.2) is 14.5 Å². The summed E-state index contributed by atoms with van der Waals surface area (Å²) in [5.74, 6) is 0. The lowest BCUT2D eigenvalue weighted by molar-refractivity contribution is 0.969. The Bertz CT molecular complexity index is 807. The number of H-pyrrole nitrogens is 2. The minimum atomic E-state index is -0.478. The third-order valence-corrected chi connectivity index (χ3v) is 2.78. The Labute approximate surface area is 89.3 Å². The van der Waals surface area contributed by atoms with Gasteiger partial charge in [0.25, 0.3) is 5.56 Å². The van der Waals surface area contributed by atoms with Gasteiger partial charge in [-0.2, -0.15) is 0 Å². The van der Waals surface area contributed by atoms with E-state index in [4.69, 9.17) is 0 Å². The number of hydrogen-bond donors (Lipinski definition) is 2. The number of rotatable bonds is 0. The summed E-state index contributed by atoms with van der Waals surface area (Å²) in [5.41, 5.74) is 0.735. The Kier molecular flexibility index (Phi) is 1.60. The number of nitrogens with one attached hydrogen (secondary N) is 2. The second kappa shape index (κ2) is 2.85. The van der Waals surface area contributed by atoms with Crippen molar-refractivity contribution in [2.75, 3.05) is 0 Å². The summed E-state index contributed by atoms with van der Waals surface area (Å²) >= 11 is 0. The Morgan fingerprint density at radius 3 is 2.69 bits per heavy atom. The highest BCUT2D eigenvalue weighted by atomic mass is 16.2. The van der Waals surface area contributed by atoms with Gasteiger partial charge in [0.15, 0.2) is 0 Å². The molecule has 0 unspecified atom stereocenters. The van der Waals surface area contributed by atoms with Crippen molar-refractivity contribution < 1.29 is 0 Å². The summed E-state index contributed by atoms with van der Waals surface area (Å²) in [4.78, 5) is 27.7. The van der Waals surface area contributed by atoms with Gasteiger partial charge in [-0.15, -0.1) is 0 Å². The fourth-order valence-corrected chi connectivity index (χ4v) is 1.99. The van der Waals surface area contributed by atoms with Crippen molar-refractivity contribution >= 4 is 21.8 Å². The van der Waals surface area contributed by atoms with Gasteiger partial charge in [-0.3, -0.25) is 9.78 Å². The Morgan fingerprint density at radius 2 is 1.88 bits per heavy atom. The van der Waals surface area contributed by atoms with E-state index in [1.807, 2.05) is 29.9 Å². The molecule has 0 saturated heterocycles.